The van der Waals surface area contributed by atoms with Crippen molar-refractivity contribution in [3.8, 4) is 0 Å². The molecule has 1 aliphatic carbocycles. The second-order valence-electron chi connectivity index (χ2n) is 8.05. The molecule has 0 spiro atoms. The summed E-state index contributed by atoms with van der Waals surface area (Å²) in [6, 6.07) is 0. The fourth-order valence-corrected chi connectivity index (χ4v) is 4.55. The van der Waals surface area contributed by atoms with Gasteiger partial charge in [-0.3, -0.25) is 4.90 Å². The molecule has 27 heavy (non-hydrogen) atoms. The van der Waals surface area contributed by atoms with E-state index in [-0.39, 0.29) is 6.61 Å². The number of hydrogen-bond acceptors (Lipinski definition) is 6. The molecule has 0 amide bonds. The molecular weight excluding hydrogens is 340 g/mol. The minimum Gasteiger partial charge on any atom is -0.388 e. The van der Waals surface area contributed by atoms with E-state index in [1.807, 2.05) is 24.0 Å². The van der Waals surface area contributed by atoms with Crippen LogP contribution in [-0.2, 0) is 20.2 Å². The highest BCUT2D eigenvalue weighted by Gasteiger charge is 2.26. The van der Waals surface area contributed by atoms with Gasteiger partial charge in [-0.1, -0.05) is 19.3 Å². The molecule has 2 aromatic rings. The minimum absolute atomic E-state index is 0.0649. The van der Waals surface area contributed by atoms with Gasteiger partial charge in [0.15, 0.2) is 5.82 Å². The van der Waals surface area contributed by atoms with E-state index in [0.29, 0.717) is 17.7 Å². The van der Waals surface area contributed by atoms with Gasteiger partial charge in [-0.25, -0.2) is 9.97 Å². The summed E-state index contributed by atoms with van der Waals surface area (Å²) >= 11 is 0. The van der Waals surface area contributed by atoms with Crippen molar-refractivity contribution in [1.29, 1.82) is 0 Å². The predicted molar refractivity (Wildman–Crippen MR) is 102 cm³/mol. The number of nitrogens with zero attached hydrogens (tertiary/aromatic N) is 6. The summed E-state index contributed by atoms with van der Waals surface area (Å²) in [5.74, 6) is 3.56. The number of hydrogen-bond donors (Lipinski definition) is 1. The van der Waals surface area contributed by atoms with Gasteiger partial charge in [-0.15, -0.1) is 10.2 Å². The fraction of sp³-hybridized carbons (Fsp3) is 0.700. The Balaban J connectivity index is 1.38. The summed E-state index contributed by atoms with van der Waals surface area (Å²) in [5.41, 5.74) is 1.18. The Morgan fingerprint density at radius 2 is 1.74 bits per heavy atom. The SMILES string of the molecule is Cn1c(CO)nnc1[C@H]1CCCN(Cc2cnc(C3CCCCC3)nc2)C1. The van der Waals surface area contributed by atoms with Crippen LogP contribution in [0.25, 0.3) is 0 Å². The summed E-state index contributed by atoms with van der Waals surface area (Å²) in [6.07, 6.45) is 12.8. The first-order valence-electron chi connectivity index (χ1n) is 10.3. The Morgan fingerprint density at radius 1 is 1.00 bits per heavy atom. The molecule has 0 bridgehead atoms. The summed E-state index contributed by atoms with van der Waals surface area (Å²) in [6.45, 7) is 2.87. The number of rotatable bonds is 5. The zero-order chi connectivity index (χ0) is 18.6. The van der Waals surface area contributed by atoms with Crippen LogP contribution in [0.1, 0.15) is 79.8 Å². The molecule has 1 saturated heterocycles. The Kier molecular flexibility index (Phi) is 5.78. The van der Waals surface area contributed by atoms with Gasteiger partial charge < -0.3 is 9.67 Å². The van der Waals surface area contributed by atoms with Gasteiger partial charge in [-0.05, 0) is 32.2 Å². The van der Waals surface area contributed by atoms with E-state index in [0.717, 1.165) is 44.1 Å². The third kappa shape index (κ3) is 4.19. The van der Waals surface area contributed by atoms with Gasteiger partial charge in [0.2, 0.25) is 0 Å². The van der Waals surface area contributed by atoms with Crippen LogP contribution in [0.2, 0.25) is 0 Å². The molecule has 0 unspecified atom stereocenters. The molecule has 2 aromatic heterocycles. The molecule has 7 heteroatoms. The van der Waals surface area contributed by atoms with Crippen LogP contribution in [-0.4, -0.2) is 47.8 Å². The Labute approximate surface area is 160 Å². The van der Waals surface area contributed by atoms with E-state index in [1.54, 1.807) is 0 Å². The van der Waals surface area contributed by atoms with Crippen LogP contribution in [0, 0.1) is 0 Å². The number of likely N-dealkylation sites (tertiary alicyclic amines) is 1. The molecule has 1 N–H and O–H groups in total. The second-order valence-corrected chi connectivity index (χ2v) is 8.05. The largest absolute Gasteiger partial charge is 0.388 e. The lowest BCUT2D eigenvalue weighted by molar-refractivity contribution is 0.194. The first-order chi connectivity index (χ1) is 13.2. The molecule has 0 radical (unpaired) electrons. The number of aliphatic hydroxyl groups excluding tert-OH is 1. The van der Waals surface area contributed by atoms with Crippen molar-refractivity contribution in [2.75, 3.05) is 13.1 Å². The minimum atomic E-state index is -0.0649. The molecule has 1 saturated carbocycles. The van der Waals surface area contributed by atoms with Crippen LogP contribution in [0.15, 0.2) is 12.4 Å². The van der Waals surface area contributed by atoms with Crippen molar-refractivity contribution in [1.82, 2.24) is 29.6 Å². The van der Waals surface area contributed by atoms with Gasteiger partial charge in [-0.2, -0.15) is 0 Å². The van der Waals surface area contributed by atoms with Crippen molar-refractivity contribution < 1.29 is 5.11 Å². The van der Waals surface area contributed by atoms with Crippen molar-refractivity contribution in [2.45, 2.75) is 69.9 Å². The van der Waals surface area contributed by atoms with Gasteiger partial charge in [0.05, 0.1) is 0 Å². The molecule has 2 fully saturated rings. The molecule has 0 aromatic carbocycles. The fourth-order valence-electron chi connectivity index (χ4n) is 4.55. The van der Waals surface area contributed by atoms with E-state index in [9.17, 15) is 5.11 Å². The Bertz CT molecular complexity index is 737. The lowest BCUT2D eigenvalue weighted by Gasteiger charge is -2.32. The van der Waals surface area contributed by atoms with E-state index in [4.69, 9.17) is 0 Å². The van der Waals surface area contributed by atoms with Gasteiger partial charge in [0, 0.05) is 49.9 Å². The van der Waals surface area contributed by atoms with E-state index in [1.165, 1.54) is 37.7 Å². The molecular formula is C20H30N6O. The molecule has 7 nitrogen and oxygen atoms in total. The van der Waals surface area contributed by atoms with E-state index >= 15 is 0 Å². The molecule has 2 aliphatic rings. The summed E-state index contributed by atoms with van der Waals surface area (Å²) in [5, 5.41) is 17.8. The maximum Gasteiger partial charge on any atom is 0.158 e. The monoisotopic (exact) mass is 370 g/mol. The Hall–Kier alpha value is -1.86. The standard InChI is InChI=1S/C20H30N6O/c1-25-18(14-27)23-24-20(25)17-8-5-9-26(13-17)12-15-10-21-19(22-11-15)16-6-3-2-4-7-16/h10-11,16-17,27H,2-9,12-14H2,1H3/t17-/m0/s1. The Morgan fingerprint density at radius 3 is 2.44 bits per heavy atom. The van der Waals surface area contributed by atoms with Crippen LogP contribution in [0.5, 0.6) is 0 Å². The topological polar surface area (TPSA) is 80.0 Å². The molecule has 4 rings (SSSR count). The lowest BCUT2D eigenvalue weighted by Crippen LogP contribution is -2.35. The quantitative estimate of drug-likeness (QED) is 0.871. The molecule has 1 aliphatic heterocycles. The zero-order valence-electron chi connectivity index (χ0n) is 16.2. The maximum atomic E-state index is 9.35. The van der Waals surface area contributed by atoms with Crippen LogP contribution in [0.3, 0.4) is 0 Å². The second kappa shape index (κ2) is 8.44. The van der Waals surface area contributed by atoms with Crippen molar-refractivity contribution in [3.05, 3.63) is 35.4 Å². The van der Waals surface area contributed by atoms with Gasteiger partial charge in [0.1, 0.15) is 18.3 Å². The lowest BCUT2D eigenvalue weighted by atomic mass is 9.89. The summed E-state index contributed by atoms with van der Waals surface area (Å²) in [4.78, 5) is 11.8. The summed E-state index contributed by atoms with van der Waals surface area (Å²) in [7, 11) is 1.94. The third-order valence-corrected chi connectivity index (χ3v) is 6.11. The number of aromatic nitrogens is 5. The van der Waals surface area contributed by atoms with Gasteiger partial charge in [0.25, 0.3) is 0 Å². The first kappa shape index (κ1) is 18.5. The van der Waals surface area contributed by atoms with Crippen molar-refractivity contribution in [2.24, 2.45) is 7.05 Å². The first-order valence-corrected chi connectivity index (χ1v) is 10.3. The van der Waals surface area contributed by atoms with Crippen LogP contribution >= 0.6 is 0 Å². The molecule has 146 valence electrons. The van der Waals surface area contributed by atoms with Crippen LogP contribution in [0.4, 0.5) is 0 Å². The average molecular weight is 371 g/mol. The van der Waals surface area contributed by atoms with Gasteiger partial charge >= 0.3 is 0 Å². The van der Waals surface area contributed by atoms with E-state index in [2.05, 4.69) is 25.1 Å². The molecule has 3 heterocycles. The highest BCUT2D eigenvalue weighted by molar-refractivity contribution is 5.09. The normalized spacial score (nSPS) is 22.2. The van der Waals surface area contributed by atoms with Crippen LogP contribution < -0.4 is 0 Å². The highest BCUT2D eigenvalue weighted by atomic mass is 16.3. The molecule has 1 atom stereocenters. The van der Waals surface area contributed by atoms with Crippen molar-refractivity contribution >= 4 is 0 Å². The third-order valence-electron chi connectivity index (χ3n) is 6.11. The number of aliphatic hydroxyl groups is 1. The predicted octanol–water partition coefficient (Wildman–Crippen LogP) is 2.52. The summed E-state index contributed by atoms with van der Waals surface area (Å²) < 4.78 is 1.94. The average Bonchev–Trinajstić information content (AvgIpc) is 3.10. The van der Waals surface area contributed by atoms with Crippen molar-refractivity contribution in [3.63, 3.8) is 0 Å². The smallest absolute Gasteiger partial charge is 0.158 e. The number of piperidine rings is 1. The van der Waals surface area contributed by atoms with E-state index < -0.39 is 0 Å². The highest BCUT2D eigenvalue weighted by Crippen LogP contribution is 2.30. The zero-order valence-corrected chi connectivity index (χ0v) is 16.2. The maximum absolute atomic E-state index is 9.35.